The van der Waals surface area contributed by atoms with Gasteiger partial charge >= 0.3 is 12.1 Å². The first-order chi connectivity index (χ1) is 29.6. The van der Waals surface area contributed by atoms with E-state index in [2.05, 4.69) is 29.0 Å². The van der Waals surface area contributed by atoms with Gasteiger partial charge in [-0.25, -0.2) is 9.59 Å². The molecule has 340 valence electrons. The Kier molecular flexibility index (Phi) is 30.0. The molecule has 17 nitrogen and oxygen atoms in total. The maximum atomic E-state index is 12.6. The van der Waals surface area contributed by atoms with E-state index in [1.54, 1.807) is 7.05 Å². The van der Waals surface area contributed by atoms with Crippen molar-refractivity contribution in [1.82, 2.24) is 4.90 Å². The fraction of sp³-hybridized carbons (Fsp3) is 0.674. The minimum absolute atomic E-state index is 0.0333. The molecule has 0 aliphatic heterocycles. The number of amides is 1. The number of methoxy groups -OCH3 is 1. The van der Waals surface area contributed by atoms with Crippen LogP contribution in [0.4, 0.5) is 4.79 Å². The second kappa shape index (κ2) is 35.3. The fourth-order valence-electron chi connectivity index (χ4n) is 5.63. The molecule has 0 N–H and O–H groups in total. The van der Waals surface area contributed by atoms with Crippen LogP contribution >= 0.6 is 0 Å². The van der Waals surface area contributed by atoms with Gasteiger partial charge in [-0.3, -0.25) is 0 Å². The predicted octanol–water partition coefficient (Wildman–Crippen LogP) is 3.24. The molecule has 0 bridgehead atoms. The Morgan fingerprint density at radius 1 is 0.450 bits per heavy atom. The van der Waals surface area contributed by atoms with Crippen LogP contribution in [0.25, 0.3) is 11.1 Å². The average molecular weight is 854 g/mol. The number of fused-ring (bicyclic) bond motifs is 3. The Bertz CT molecular complexity index is 1320. The molecule has 0 fully saturated rings. The van der Waals surface area contributed by atoms with Crippen LogP contribution in [0, 0.1) is 0 Å². The fourth-order valence-corrected chi connectivity index (χ4v) is 5.63. The number of likely N-dealkylation sites (N-methyl/N-ethyl adjacent to an activating group) is 1. The summed E-state index contributed by atoms with van der Waals surface area (Å²) in [5.74, 6) is -0.379. The van der Waals surface area contributed by atoms with Gasteiger partial charge in [-0.1, -0.05) is 48.5 Å². The molecule has 2 aromatic carbocycles. The van der Waals surface area contributed by atoms with Crippen molar-refractivity contribution in [3.05, 3.63) is 59.7 Å². The third-order valence-corrected chi connectivity index (χ3v) is 8.76. The summed E-state index contributed by atoms with van der Waals surface area (Å²) in [6.07, 6.45) is -0.369. The van der Waals surface area contributed by atoms with Gasteiger partial charge in [-0.2, -0.15) is 0 Å². The summed E-state index contributed by atoms with van der Waals surface area (Å²) in [7, 11) is 3.02. The van der Waals surface area contributed by atoms with Crippen molar-refractivity contribution < 1.29 is 75.9 Å². The molecular weight excluding hydrogens is 786 g/mol. The number of hydrogen-bond donors (Lipinski definition) is 0. The molecule has 60 heavy (non-hydrogen) atoms. The van der Waals surface area contributed by atoms with E-state index in [1.165, 1.54) is 34.3 Å². The second-order valence-electron chi connectivity index (χ2n) is 13.1. The summed E-state index contributed by atoms with van der Waals surface area (Å²) in [4.78, 5) is 25.0. The highest BCUT2D eigenvalue weighted by atomic mass is 16.6. The summed E-state index contributed by atoms with van der Waals surface area (Å²) >= 11 is 0. The van der Waals surface area contributed by atoms with Gasteiger partial charge in [-0.15, -0.1) is 0 Å². The molecule has 1 aliphatic rings. The molecule has 3 rings (SSSR count). The number of carbonyl (C=O) groups excluding carboxylic acids is 2. The summed E-state index contributed by atoms with van der Waals surface area (Å²) in [6, 6.07) is 16.6. The molecule has 0 radical (unpaired) electrons. The van der Waals surface area contributed by atoms with Crippen molar-refractivity contribution in [1.29, 1.82) is 0 Å². The maximum Gasteiger partial charge on any atom is 0.409 e. The van der Waals surface area contributed by atoms with Gasteiger partial charge < -0.3 is 71.2 Å². The Labute approximate surface area is 354 Å². The lowest BCUT2D eigenvalue weighted by atomic mass is 9.98. The standard InChI is InChI=1S/C43H67NO16/c1-44(43(46)60-35-41-39-9-5-3-7-37(39)38-8-4-6-10-40(38)41)11-12-48-13-14-49-15-16-50-17-18-51-19-20-52-21-22-53-23-24-54-25-26-55-27-28-56-29-30-57-31-32-58-33-34-59-36-42(45)47-2/h3-10,41H,11-36H2,1-2H3. The van der Waals surface area contributed by atoms with Crippen LogP contribution in [0.15, 0.2) is 48.5 Å². The largest absolute Gasteiger partial charge is 0.467 e. The Morgan fingerprint density at radius 3 is 1.08 bits per heavy atom. The number of carbonyl (C=O) groups is 2. The lowest BCUT2D eigenvalue weighted by molar-refractivity contribution is -0.146. The first kappa shape index (κ1) is 51.1. The molecule has 0 unspecified atom stereocenters. The van der Waals surface area contributed by atoms with E-state index in [0.29, 0.717) is 165 Å². The van der Waals surface area contributed by atoms with Gasteiger partial charge in [0.25, 0.3) is 0 Å². The van der Waals surface area contributed by atoms with E-state index in [1.807, 2.05) is 24.3 Å². The number of benzene rings is 2. The summed E-state index contributed by atoms with van der Waals surface area (Å²) in [6.45, 7) is 11.1. The highest BCUT2D eigenvalue weighted by Gasteiger charge is 2.29. The maximum absolute atomic E-state index is 12.6. The van der Waals surface area contributed by atoms with Gasteiger partial charge in [0.05, 0.1) is 159 Å². The third-order valence-electron chi connectivity index (χ3n) is 8.76. The number of ether oxygens (including phenoxy) is 14. The quantitative estimate of drug-likeness (QED) is 0.0708. The molecule has 1 aliphatic carbocycles. The lowest BCUT2D eigenvalue weighted by Crippen LogP contribution is -2.32. The van der Waals surface area contributed by atoms with Crippen LogP contribution in [0.2, 0.25) is 0 Å². The minimum Gasteiger partial charge on any atom is -0.467 e. The number of hydrogen-bond acceptors (Lipinski definition) is 16. The molecule has 0 atom stereocenters. The number of rotatable bonds is 40. The van der Waals surface area contributed by atoms with Crippen molar-refractivity contribution in [3.8, 4) is 11.1 Å². The Hall–Kier alpha value is -3.30. The normalized spacial score (nSPS) is 12.1. The molecule has 17 heteroatoms. The van der Waals surface area contributed by atoms with Crippen molar-refractivity contribution in [2.45, 2.75) is 5.92 Å². The van der Waals surface area contributed by atoms with Crippen molar-refractivity contribution >= 4 is 12.1 Å². The Balaban J connectivity index is 0.943. The highest BCUT2D eigenvalue weighted by molar-refractivity contribution is 5.79. The predicted molar refractivity (Wildman–Crippen MR) is 220 cm³/mol. The third kappa shape index (κ3) is 23.6. The van der Waals surface area contributed by atoms with Gasteiger partial charge in [0.2, 0.25) is 0 Å². The monoisotopic (exact) mass is 853 g/mol. The van der Waals surface area contributed by atoms with Gasteiger partial charge in [0, 0.05) is 19.5 Å². The van der Waals surface area contributed by atoms with Crippen molar-refractivity contribution in [3.63, 3.8) is 0 Å². The van der Waals surface area contributed by atoms with Gasteiger partial charge in [-0.05, 0) is 22.3 Å². The SMILES string of the molecule is COC(=O)COCCOCCOCCOCCOCCOCCOCCOCCOCCOCCOCCOCCN(C)C(=O)OCC1c2ccccc2-c2ccccc21. The number of nitrogens with zero attached hydrogens (tertiary/aromatic N) is 1. The van der Waals surface area contributed by atoms with E-state index >= 15 is 0 Å². The average Bonchev–Trinajstić information content (AvgIpc) is 3.59. The van der Waals surface area contributed by atoms with Crippen LogP contribution in [-0.2, 0) is 71.1 Å². The van der Waals surface area contributed by atoms with Gasteiger partial charge in [0.1, 0.15) is 13.2 Å². The molecule has 2 aromatic rings. The highest BCUT2D eigenvalue weighted by Crippen LogP contribution is 2.44. The zero-order valence-electron chi connectivity index (χ0n) is 35.6. The number of esters is 1. The topological polar surface area (TPSA) is 167 Å². The molecule has 0 spiro atoms. The van der Waals surface area contributed by atoms with E-state index in [-0.39, 0.29) is 18.6 Å². The lowest BCUT2D eigenvalue weighted by Gasteiger charge is -2.19. The van der Waals surface area contributed by atoms with E-state index in [4.69, 9.17) is 61.6 Å². The second-order valence-corrected chi connectivity index (χ2v) is 13.1. The van der Waals surface area contributed by atoms with E-state index < -0.39 is 5.97 Å². The van der Waals surface area contributed by atoms with Crippen LogP contribution in [0.5, 0.6) is 0 Å². The minimum atomic E-state index is -0.412. The summed E-state index contributed by atoms with van der Waals surface area (Å²) < 4.78 is 75.6. The van der Waals surface area contributed by atoms with Crippen LogP contribution in [0.3, 0.4) is 0 Å². The molecule has 0 saturated heterocycles. The van der Waals surface area contributed by atoms with E-state index in [0.717, 1.165) is 0 Å². The molecular formula is C43H67NO16. The molecule has 1 amide bonds. The van der Waals surface area contributed by atoms with Gasteiger partial charge in [0.15, 0.2) is 0 Å². The van der Waals surface area contributed by atoms with Crippen LogP contribution in [0.1, 0.15) is 17.0 Å². The van der Waals surface area contributed by atoms with E-state index in [9.17, 15) is 9.59 Å². The van der Waals surface area contributed by atoms with Crippen molar-refractivity contribution in [2.24, 2.45) is 0 Å². The summed E-state index contributed by atoms with van der Waals surface area (Å²) in [5.41, 5.74) is 4.78. The Morgan fingerprint density at radius 2 is 0.750 bits per heavy atom. The molecule has 0 heterocycles. The summed E-state index contributed by atoms with van der Waals surface area (Å²) in [5, 5.41) is 0. The first-order valence-electron chi connectivity index (χ1n) is 20.7. The van der Waals surface area contributed by atoms with Crippen LogP contribution in [-0.4, -0.2) is 203 Å². The van der Waals surface area contributed by atoms with Crippen LogP contribution < -0.4 is 0 Å². The smallest absolute Gasteiger partial charge is 0.409 e. The van der Waals surface area contributed by atoms with Crippen molar-refractivity contribution in [2.75, 3.05) is 186 Å². The first-order valence-corrected chi connectivity index (χ1v) is 20.7. The molecule has 0 saturated carbocycles. The zero-order valence-corrected chi connectivity index (χ0v) is 35.6. The molecule has 0 aromatic heterocycles. The zero-order chi connectivity index (χ0) is 42.6.